The average molecular weight is 593 g/mol. The maximum Gasteiger partial charge on any atom is 0.124 e. The van der Waals surface area contributed by atoms with E-state index >= 15 is 0 Å². The highest BCUT2D eigenvalue weighted by atomic mass is 16.5. The van der Waals surface area contributed by atoms with Crippen LogP contribution in [0.15, 0.2) is 85.3 Å². The van der Waals surface area contributed by atoms with E-state index in [2.05, 4.69) is 70.6 Å². The number of methoxy groups -OCH3 is 2. The first kappa shape index (κ1) is 29.6. The Kier molecular flexibility index (Phi) is 9.34. The van der Waals surface area contributed by atoms with Crippen LogP contribution in [0.2, 0.25) is 0 Å². The van der Waals surface area contributed by atoms with Gasteiger partial charge in [0.05, 0.1) is 43.3 Å². The number of rotatable bonds is 12. The summed E-state index contributed by atoms with van der Waals surface area (Å²) in [6, 6.07) is 22.8. The molecule has 2 aromatic heterocycles. The largest absolute Gasteiger partial charge is 0.497 e. The summed E-state index contributed by atoms with van der Waals surface area (Å²) in [4.78, 5) is 14.4. The Morgan fingerprint density at radius 3 is 2.39 bits per heavy atom. The quantitative estimate of drug-likeness (QED) is 0.169. The Balaban J connectivity index is 1.28. The lowest BCUT2D eigenvalue weighted by molar-refractivity contribution is 0.0601. The molecule has 0 saturated carbocycles. The van der Waals surface area contributed by atoms with Crippen molar-refractivity contribution in [3.05, 3.63) is 90.9 Å². The number of anilines is 2. The highest BCUT2D eigenvalue weighted by molar-refractivity contribution is 5.82. The molecule has 228 valence electrons. The van der Waals surface area contributed by atoms with E-state index in [1.807, 2.05) is 41.3 Å². The second kappa shape index (κ2) is 13.9. The Hall–Kier alpha value is -4.47. The Bertz CT molecular complexity index is 1650. The van der Waals surface area contributed by atoms with Gasteiger partial charge in [0.1, 0.15) is 11.5 Å². The van der Waals surface area contributed by atoms with Crippen molar-refractivity contribution in [2.24, 2.45) is 5.92 Å². The molecule has 5 aromatic rings. The minimum Gasteiger partial charge on any atom is -0.497 e. The molecule has 0 atom stereocenters. The second-order valence-electron chi connectivity index (χ2n) is 11.4. The normalized spacial score (nSPS) is 13.8. The van der Waals surface area contributed by atoms with Crippen LogP contribution in [0.3, 0.4) is 0 Å². The standard InChI is InChI=1S/C35H40N6O3/c1-39(23-26-7-5-4-6-8-26)13-14-41(30-17-31(42-2)20-32(18-30)43-3)29-9-10-33-34(19-29)38-35(22-36-33)28-21-37-40(25-28)24-27-11-15-44-16-12-27/h4-10,17-22,25,27H,11-16,23-24H2,1-3H3. The van der Waals surface area contributed by atoms with Gasteiger partial charge in [-0.1, -0.05) is 30.3 Å². The number of aromatic nitrogens is 4. The number of nitrogens with zero attached hydrogens (tertiary/aromatic N) is 6. The fraction of sp³-hybridized carbons (Fsp3) is 0.343. The summed E-state index contributed by atoms with van der Waals surface area (Å²) in [5.41, 5.74) is 6.73. The fourth-order valence-corrected chi connectivity index (χ4v) is 5.70. The maximum atomic E-state index is 5.62. The second-order valence-corrected chi connectivity index (χ2v) is 11.4. The molecule has 1 saturated heterocycles. The molecule has 0 bridgehead atoms. The first-order valence-electron chi connectivity index (χ1n) is 15.2. The van der Waals surface area contributed by atoms with Gasteiger partial charge in [-0.05, 0) is 49.6 Å². The average Bonchev–Trinajstić information content (AvgIpc) is 3.53. The SMILES string of the molecule is COc1cc(OC)cc(N(CCN(C)Cc2ccccc2)c2ccc3ncc(-c4cnn(CC5CCOCC5)c4)nc3c2)c1. The van der Waals surface area contributed by atoms with Crippen LogP contribution in [0.4, 0.5) is 11.4 Å². The zero-order valence-electron chi connectivity index (χ0n) is 25.7. The van der Waals surface area contributed by atoms with Crippen molar-refractivity contribution < 1.29 is 14.2 Å². The van der Waals surface area contributed by atoms with Crippen LogP contribution in [-0.4, -0.2) is 72.2 Å². The first-order valence-corrected chi connectivity index (χ1v) is 15.2. The van der Waals surface area contributed by atoms with Crippen molar-refractivity contribution in [3.63, 3.8) is 0 Å². The summed E-state index contributed by atoms with van der Waals surface area (Å²) >= 11 is 0. The molecule has 44 heavy (non-hydrogen) atoms. The summed E-state index contributed by atoms with van der Waals surface area (Å²) < 4.78 is 18.8. The van der Waals surface area contributed by atoms with Crippen LogP contribution in [0.1, 0.15) is 18.4 Å². The highest BCUT2D eigenvalue weighted by Gasteiger charge is 2.17. The Morgan fingerprint density at radius 1 is 0.864 bits per heavy atom. The topological polar surface area (TPSA) is 77.8 Å². The van der Waals surface area contributed by atoms with Crippen LogP contribution in [0.5, 0.6) is 11.5 Å². The minimum atomic E-state index is 0.592. The van der Waals surface area contributed by atoms with Crippen molar-refractivity contribution in [3.8, 4) is 22.8 Å². The van der Waals surface area contributed by atoms with Crippen LogP contribution >= 0.6 is 0 Å². The van der Waals surface area contributed by atoms with Gasteiger partial charge in [-0.2, -0.15) is 5.10 Å². The molecular weight excluding hydrogens is 552 g/mol. The molecule has 0 amide bonds. The van der Waals surface area contributed by atoms with Gasteiger partial charge in [0.2, 0.25) is 0 Å². The molecule has 3 heterocycles. The summed E-state index contributed by atoms with van der Waals surface area (Å²) in [6.07, 6.45) is 7.95. The molecule has 0 radical (unpaired) electrons. The maximum absolute atomic E-state index is 5.62. The third-order valence-corrected chi connectivity index (χ3v) is 8.20. The summed E-state index contributed by atoms with van der Waals surface area (Å²) in [7, 11) is 5.50. The van der Waals surface area contributed by atoms with Gasteiger partial charge < -0.3 is 24.0 Å². The zero-order chi connectivity index (χ0) is 30.3. The summed E-state index contributed by atoms with van der Waals surface area (Å²) in [6.45, 7) is 5.01. The van der Waals surface area contributed by atoms with Crippen LogP contribution in [0, 0.1) is 5.92 Å². The summed E-state index contributed by atoms with van der Waals surface area (Å²) in [5, 5.41) is 4.63. The number of hydrogen-bond donors (Lipinski definition) is 0. The smallest absolute Gasteiger partial charge is 0.124 e. The predicted octanol–water partition coefficient (Wildman–Crippen LogP) is 6.21. The number of likely N-dealkylation sites (N-methyl/N-ethyl adjacent to an activating group) is 1. The van der Waals surface area contributed by atoms with E-state index in [1.54, 1.807) is 14.2 Å². The van der Waals surface area contributed by atoms with Gasteiger partial charge >= 0.3 is 0 Å². The molecule has 0 N–H and O–H groups in total. The molecule has 1 aliphatic rings. The lowest BCUT2D eigenvalue weighted by Gasteiger charge is -2.28. The van der Waals surface area contributed by atoms with Crippen LogP contribution < -0.4 is 14.4 Å². The van der Waals surface area contributed by atoms with Gasteiger partial charge in [-0.15, -0.1) is 0 Å². The van der Waals surface area contributed by atoms with Gasteiger partial charge in [-0.25, -0.2) is 4.98 Å². The number of ether oxygens (including phenoxy) is 3. The van der Waals surface area contributed by atoms with Gasteiger partial charge in [0, 0.05) is 80.7 Å². The molecule has 6 rings (SSSR count). The lowest BCUT2D eigenvalue weighted by atomic mass is 10.0. The van der Waals surface area contributed by atoms with E-state index < -0.39 is 0 Å². The summed E-state index contributed by atoms with van der Waals surface area (Å²) in [5.74, 6) is 2.07. The van der Waals surface area contributed by atoms with E-state index in [0.29, 0.717) is 5.92 Å². The molecule has 3 aromatic carbocycles. The van der Waals surface area contributed by atoms with Gasteiger partial charge in [-0.3, -0.25) is 9.67 Å². The van der Waals surface area contributed by atoms with Crippen molar-refractivity contribution in [2.75, 3.05) is 52.5 Å². The molecular formula is C35H40N6O3. The molecule has 9 heteroatoms. The third-order valence-electron chi connectivity index (χ3n) is 8.20. The van der Waals surface area contributed by atoms with Crippen molar-refractivity contribution >= 4 is 22.4 Å². The molecule has 0 aliphatic carbocycles. The molecule has 9 nitrogen and oxygen atoms in total. The van der Waals surface area contributed by atoms with Crippen LogP contribution in [0.25, 0.3) is 22.3 Å². The Labute approximate surface area is 259 Å². The van der Waals surface area contributed by atoms with E-state index in [0.717, 1.165) is 97.4 Å². The van der Waals surface area contributed by atoms with E-state index in [-0.39, 0.29) is 0 Å². The Morgan fingerprint density at radius 2 is 1.64 bits per heavy atom. The van der Waals surface area contributed by atoms with Crippen molar-refractivity contribution in [1.82, 2.24) is 24.6 Å². The minimum absolute atomic E-state index is 0.592. The molecule has 1 aliphatic heterocycles. The molecule has 0 unspecified atom stereocenters. The van der Waals surface area contributed by atoms with Crippen molar-refractivity contribution in [2.45, 2.75) is 25.9 Å². The highest BCUT2D eigenvalue weighted by Crippen LogP contribution is 2.34. The van der Waals surface area contributed by atoms with E-state index in [9.17, 15) is 0 Å². The number of hydrogen-bond acceptors (Lipinski definition) is 8. The van der Waals surface area contributed by atoms with Gasteiger partial charge in [0.15, 0.2) is 0 Å². The zero-order valence-corrected chi connectivity index (χ0v) is 25.7. The predicted molar refractivity (Wildman–Crippen MR) is 174 cm³/mol. The number of benzene rings is 3. The monoisotopic (exact) mass is 592 g/mol. The van der Waals surface area contributed by atoms with E-state index in [4.69, 9.17) is 24.2 Å². The van der Waals surface area contributed by atoms with E-state index in [1.165, 1.54) is 5.56 Å². The van der Waals surface area contributed by atoms with Crippen molar-refractivity contribution in [1.29, 1.82) is 0 Å². The van der Waals surface area contributed by atoms with Crippen LogP contribution in [-0.2, 0) is 17.8 Å². The molecule has 0 spiro atoms. The third kappa shape index (κ3) is 7.18. The lowest BCUT2D eigenvalue weighted by Crippen LogP contribution is -2.30. The fourth-order valence-electron chi connectivity index (χ4n) is 5.70. The first-order chi connectivity index (χ1) is 21.6. The number of fused-ring (bicyclic) bond motifs is 1. The van der Waals surface area contributed by atoms with Gasteiger partial charge in [0.25, 0.3) is 0 Å². The molecule has 1 fully saturated rings.